The molecule has 2 heteroatoms. The third kappa shape index (κ3) is 2.16. The van der Waals surface area contributed by atoms with Crippen LogP contribution in [-0.4, -0.2) is 5.06 Å². The van der Waals surface area contributed by atoms with Crippen LogP contribution in [0.1, 0.15) is 11.1 Å². The molecule has 0 spiro atoms. The molecule has 0 amide bonds. The summed E-state index contributed by atoms with van der Waals surface area (Å²) in [7, 11) is 0. The second-order valence-corrected chi connectivity index (χ2v) is 4.01. The maximum absolute atomic E-state index is 5.78. The summed E-state index contributed by atoms with van der Waals surface area (Å²) in [5.41, 5.74) is 2.35. The first kappa shape index (κ1) is 9.97. The van der Waals surface area contributed by atoms with Crippen LogP contribution in [0.25, 0.3) is 6.08 Å². The molecule has 0 saturated heterocycles. The molecular weight excluding hydrogens is 210 g/mol. The molecule has 0 N–H and O–H groups in total. The van der Waals surface area contributed by atoms with Crippen LogP contribution in [0.2, 0.25) is 0 Å². The lowest BCUT2D eigenvalue weighted by molar-refractivity contribution is -0.0180. The molecular formula is C15H13NO. The third-order valence-electron chi connectivity index (χ3n) is 2.74. The van der Waals surface area contributed by atoms with Crippen LogP contribution in [0, 0.1) is 0 Å². The highest BCUT2D eigenvalue weighted by atomic mass is 16.7. The second-order valence-electron chi connectivity index (χ2n) is 4.01. The van der Waals surface area contributed by atoms with Crippen LogP contribution >= 0.6 is 0 Å². The minimum absolute atomic E-state index is 0.756. The fourth-order valence-corrected chi connectivity index (χ4v) is 1.87. The van der Waals surface area contributed by atoms with E-state index in [0.717, 1.165) is 17.9 Å². The van der Waals surface area contributed by atoms with Gasteiger partial charge in [-0.15, -0.1) is 0 Å². The van der Waals surface area contributed by atoms with Gasteiger partial charge in [-0.25, -0.2) is 5.06 Å². The Balaban J connectivity index is 1.77. The van der Waals surface area contributed by atoms with Crippen molar-refractivity contribution in [1.29, 1.82) is 0 Å². The molecule has 2 nitrogen and oxygen atoms in total. The van der Waals surface area contributed by atoms with Crippen molar-refractivity contribution in [2.75, 3.05) is 0 Å². The van der Waals surface area contributed by atoms with Crippen molar-refractivity contribution in [3.8, 4) is 5.75 Å². The third-order valence-corrected chi connectivity index (χ3v) is 2.74. The molecule has 17 heavy (non-hydrogen) atoms. The van der Waals surface area contributed by atoms with Gasteiger partial charge in [0.1, 0.15) is 0 Å². The van der Waals surface area contributed by atoms with Gasteiger partial charge in [-0.1, -0.05) is 48.5 Å². The largest absolute Gasteiger partial charge is 0.379 e. The second kappa shape index (κ2) is 4.34. The fraction of sp³-hybridized carbons (Fsp3) is 0.0667. The van der Waals surface area contributed by atoms with Crippen molar-refractivity contribution < 1.29 is 4.84 Å². The van der Waals surface area contributed by atoms with Crippen LogP contribution in [0.15, 0.2) is 60.8 Å². The maximum atomic E-state index is 5.78. The van der Waals surface area contributed by atoms with Crippen LogP contribution in [0.4, 0.5) is 0 Å². The van der Waals surface area contributed by atoms with Crippen LogP contribution in [0.3, 0.4) is 0 Å². The van der Waals surface area contributed by atoms with Gasteiger partial charge >= 0.3 is 0 Å². The Morgan fingerprint density at radius 3 is 2.53 bits per heavy atom. The van der Waals surface area contributed by atoms with Gasteiger partial charge in [-0.05, 0) is 17.7 Å². The zero-order valence-corrected chi connectivity index (χ0v) is 9.41. The van der Waals surface area contributed by atoms with Crippen LogP contribution < -0.4 is 4.84 Å². The molecule has 0 saturated carbocycles. The summed E-state index contributed by atoms with van der Waals surface area (Å²) < 4.78 is 0. The first-order valence-electron chi connectivity index (χ1n) is 5.67. The number of hydrogen-bond donors (Lipinski definition) is 0. The average Bonchev–Trinajstić information content (AvgIpc) is 2.40. The van der Waals surface area contributed by atoms with Gasteiger partial charge in [0.2, 0.25) is 0 Å². The molecule has 0 bridgehead atoms. The molecule has 2 aromatic carbocycles. The van der Waals surface area contributed by atoms with Crippen LogP contribution in [-0.2, 0) is 6.54 Å². The van der Waals surface area contributed by atoms with E-state index in [1.54, 1.807) is 0 Å². The normalized spacial score (nSPS) is 13.1. The Bertz CT molecular complexity index is 534. The summed E-state index contributed by atoms with van der Waals surface area (Å²) in [5.74, 6) is 0.908. The maximum Gasteiger partial charge on any atom is 0.162 e. The Hall–Kier alpha value is -2.22. The van der Waals surface area contributed by atoms with E-state index in [1.807, 2.05) is 53.7 Å². The van der Waals surface area contributed by atoms with Crippen molar-refractivity contribution >= 4 is 6.08 Å². The van der Waals surface area contributed by atoms with Crippen molar-refractivity contribution in [2.45, 2.75) is 6.54 Å². The van der Waals surface area contributed by atoms with Gasteiger partial charge in [0.05, 0.1) is 6.54 Å². The molecule has 3 rings (SSSR count). The van der Waals surface area contributed by atoms with E-state index in [2.05, 4.69) is 18.2 Å². The first-order chi connectivity index (χ1) is 8.42. The highest BCUT2D eigenvalue weighted by Gasteiger charge is 2.11. The quantitative estimate of drug-likeness (QED) is 0.773. The predicted octanol–water partition coefficient (Wildman–Crippen LogP) is 3.47. The number of para-hydroxylation sites is 1. The van der Waals surface area contributed by atoms with E-state index in [4.69, 9.17) is 4.84 Å². The smallest absolute Gasteiger partial charge is 0.162 e. The minimum atomic E-state index is 0.756. The van der Waals surface area contributed by atoms with E-state index in [0.29, 0.717) is 0 Å². The molecule has 0 radical (unpaired) electrons. The van der Waals surface area contributed by atoms with Gasteiger partial charge in [0, 0.05) is 11.8 Å². The van der Waals surface area contributed by atoms with Gasteiger partial charge in [-0.2, -0.15) is 0 Å². The number of nitrogens with zero attached hydrogens (tertiary/aromatic N) is 1. The molecule has 1 aliphatic heterocycles. The topological polar surface area (TPSA) is 12.5 Å². The van der Waals surface area contributed by atoms with Crippen molar-refractivity contribution in [2.24, 2.45) is 0 Å². The van der Waals surface area contributed by atoms with E-state index in [9.17, 15) is 0 Å². The lowest BCUT2D eigenvalue weighted by Gasteiger charge is -2.25. The number of hydrogen-bond acceptors (Lipinski definition) is 2. The Morgan fingerprint density at radius 1 is 0.882 bits per heavy atom. The monoisotopic (exact) mass is 223 g/mol. The Labute approximate surface area is 101 Å². The Kier molecular flexibility index (Phi) is 2.54. The molecule has 1 aliphatic rings. The number of fused-ring (bicyclic) bond motifs is 1. The number of rotatable bonds is 2. The standard InChI is InChI=1S/C15H13NO/c1-2-6-13(7-3-1)12-16-11-10-14-8-4-5-9-15(14)17-16/h1-11H,12H2. The van der Waals surface area contributed by atoms with Gasteiger partial charge in [0.25, 0.3) is 0 Å². The highest BCUT2D eigenvalue weighted by molar-refractivity contribution is 5.58. The molecule has 1 heterocycles. The summed E-state index contributed by atoms with van der Waals surface area (Å²) in [5, 5.41) is 1.84. The minimum Gasteiger partial charge on any atom is -0.379 e. The lowest BCUT2D eigenvalue weighted by Crippen LogP contribution is -2.23. The molecule has 84 valence electrons. The molecule has 0 unspecified atom stereocenters. The van der Waals surface area contributed by atoms with Crippen LogP contribution in [0.5, 0.6) is 5.75 Å². The van der Waals surface area contributed by atoms with E-state index in [-0.39, 0.29) is 0 Å². The summed E-state index contributed by atoms with van der Waals surface area (Å²) in [4.78, 5) is 5.78. The average molecular weight is 223 g/mol. The lowest BCUT2D eigenvalue weighted by atomic mass is 10.2. The molecule has 0 aliphatic carbocycles. The summed E-state index contributed by atoms with van der Waals surface area (Å²) >= 11 is 0. The van der Waals surface area contributed by atoms with E-state index in [1.165, 1.54) is 5.56 Å². The SMILES string of the molecule is C1=CN(Cc2ccccc2)Oc2ccccc21. The predicted molar refractivity (Wildman–Crippen MR) is 68.1 cm³/mol. The van der Waals surface area contributed by atoms with E-state index < -0.39 is 0 Å². The van der Waals surface area contributed by atoms with Crippen molar-refractivity contribution in [3.05, 3.63) is 71.9 Å². The zero-order chi connectivity index (χ0) is 11.5. The first-order valence-corrected chi connectivity index (χ1v) is 5.67. The van der Waals surface area contributed by atoms with E-state index >= 15 is 0 Å². The zero-order valence-electron chi connectivity index (χ0n) is 9.41. The summed E-state index contributed by atoms with van der Waals surface area (Å²) in [6.45, 7) is 0.756. The van der Waals surface area contributed by atoms with Gasteiger partial charge in [0.15, 0.2) is 5.75 Å². The molecule has 0 aromatic heterocycles. The van der Waals surface area contributed by atoms with Crippen molar-refractivity contribution in [3.63, 3.8) is 0 Å². The summed E-state index contributed by atoms with van der Waals surface area (Å²) in [6.07, 6.45) is 4.04. The number of benzene rings is 2. The summed E-state index contributed by atoms with van der Waals surface area (Å²) in [6, 6.07) is 18.3. The molecule has 0 fully saturated rings. The molecule has 0 atom stereocenters. The number of hydroxylamine groups is 2. The van der Waals surface area contributed by atoms with Crippen molar-refractivity contribution in [1.82, 2.24) is 5.06 Å². The van der Waals surface area contributed by atoms with Gasteiger partial charge < -0.3 is 4.84 Å². The fourth-order valence-electron chi connectivity index (χ4n) is 1.87. The highest BCUT2D eigenvalue weighted by Crippen LogP contribution is 2.25. The van der Waals surface area contributed by atoms with Gasteiger partial charge in [-0.3, -0.25) is 0 Å². The molecule has 2 aromatic rings. The Morgan fingerprint density at radius 2 is 1.65 bits per heavy atom.